The van der Waals surface area contributed by atoms with Gasteiger partial charge < -0.3 is 5.32 Å². The van der Waals surface area contributed by atoms with Crippen LogP contribution in [-0.4, -0.2) is 16.0 Å². The molecule has 2 heterocycles. The van der Waals surface area contributed by atoms with E-state index in [9.17, 15) is 17.6 Å². The van der Waals surface area contributed by atoms with Crippen LogP contribution in [0.5, 0.6) is 0 Å². The van der Waals surface area contributed by atoms with E-state index in [0.29, 0.717) is 17.1 Å². The Morgan fingerprint density at radius 3 is 2.52 bits per heavy atom. The Bertz CT molecular complexity index is 645. The SMILES string of the molecule is Cc1cc2n(n1)[C@H](C(F)(F)F)C[C@@H](c1ccc(F)cc1)N2. The summed E-state index contributed by atoms with van der Waals surface area (Å²) in [5.41, 5.74) is 1.14. The number of aromatic nitrogens is 2. The second kappa shape index (κ2) is 4.75. The topological polar surface area (TPSA) is 29.9 Å². The molecule has 21 heavy (non-hydrogen) atoms. The molecule has 0 aliphatic carbocycles. The molecular weight excluding hydrogens is 286 g/mol. The van der Waals surface area contributed by atoms with Crippen LogP contribution in [0.15, 0.2) is 30.3 Å². The van der Waals surface area contributed by atoms with E-state index in [0.717, 1.165) is 4.68 Å². The summed E-state index contributed by atoms with van der Waals surface area (Å²) in [6.07, 6.45) is -4.56. The second-order valence-corrected chi connectivity index (χ2v) is 5.16. The number of halogens is 4. The van der Waals surface area contributed by atoms with E-state index in [4.69, 9.17) is 0 Å². The quantitative estimate of drug-likeness (QED) is 0.807. The molecule has 2 atom stereocenters. The van der Waals surface area contributed by atoms with Gasteiger partial charge in [-0.05, 0) is 24.6 Å². The summed E-state index contributed by atoms with van der Waals surface area (Å²) in [5, 5.41) is 6.95. The number of alkyl halides is 3. The van der Waals surface area contributed by atoms with Crippen molar-refractivity contribution in [3.63, 3.8) is 0 Å². The predicted molar refractivity (Wildman–Crippen MR) is 69.4 cm³/mol. The number of hydrogen-bond donors (Lipinski definition) is 1. The van der Waals surface area contributed by atoms with Crippen molar-refractivity contribution >= 4 is 5.82 Å². The molecule has 0 saturated heterocycles. The summed E-state index contributed by atoms with van der Waals surface area (Å²) in [6, 6.07) is 4.86. The van der Waals surface area contributed by atoms with Crippen molar-refractivity contribution < 1.29 is 17.6 Å². The highest BCUT2D eigenvalue weighted by Gasteiger charge is 2.46. The Hall–Kier alpha value is -2.05. The third-order valence-electron chi connectivity index (χ3n) is 3.58. The van der Waals surface area contributed by atoms with E-state index in [2.05, 4.69) is 10.4 Å². The van der Waals surface area contributed by atoms with Crippen molar-refractivity contribution in [1.82, 2.24) is 9.78 Å². The van der Waals surface area contributed by atoms with Crippen LogP contribution in [0.25, 0.3) is 0 Å². The van der Waals surface area contributed by atoms with Crippen LogP contribution < -0.4 is 5.32 Å². The van der Waals surface area contributed by atoms with Crippen LogP contribution in [0, 0.1) is 12.7 Å². The maximum Gasteiger partial charge on any atom is 0.410 e. The van der Waals surface area contributed by atoms with E-state index in [1.165, 1.54) is 24.3 Å². The molecule has 1 aromatic heterocycles. The minimum atomic E-state index is -4.38. The van der Waals surface area contributed by atoms with E-state index < -0.39 is 24.1 Å². The van der Waals surface area contributed by atoms with Gasteiger partial charge in [0.2, 0.25) is 0 Å². The van der Waals surface area contributed by atoms with Gasteiger partial charge in [-0.1, -0.05) is 12.1 Å². The number of hydrogen-bond acceptors (Lipinski definition) is 2. The maximum absolute atomic E-state index is 13.2. The fourth-order valence-electron chi connectivity index (χ4n) is 2.61. The van der Waals surface area contributed by atoms with Gasteiger partial charge in [-0.15, -0.1) is 0 Å². The molecule has 1 aliphatic rings. The molecule has 112 valence electrons. The van der Waals surface area contributed by atoms with E-state index in [-0.39, 0.29) is 6.42 Å². The highest BCUT2D eigenvalue weighted by molar-refractivity contribution is 5.43. The van der Waals surface area contributed by atoms with Gasteiger partial charge in [-0.3, -0.25) is 0 Å². The molecule has 1 aliphatic heterocycles. The first-order valence-corrected chi connectivity index (χ1v) is 6.49. The van der Waals surface area contributed by atoms with Crippen molar-refractivity contribution in [2.45, 2.75) is 31.6 Å². The molecule has 7 heteroatoms. The largest absolute Gasteiger partial charge is 0.410 e. The van der Waals surface area contributed by atoms with Crippen molar-refractivity contribution in [2.75, 3.05) is 5.32 Å². The highest BCUT2D eigenvalue weighted by Crippen LogP contribution is 2.43. The first-order chi connectivity index (χ1) is 9.84. The van der Waals surface area contributed by atoms with Crippen LogP contribution >= 0.6 is 0 Å². The van der Waals surface area contributed by atoms with Crippen LogP contribution in [0.4, 0.5) is 23.4 Å². The molecule has 2 aromatic rings. The monoisotopic (exact) mass is 299 g/mol. The standard InChI is InChI=1S/C14H13F4N3/c1-8-6-13-19-11(9-2-4-10(15)5-3-9)7-12(14(16,17)18)21(13)20-8/h2-6,11-12,19H,7H2,1H3/t11-,12-/m0/s1. The van der Waals surface area contributed by atoms with Crippen LogP contribution in [0.3, 0.4) is 0 Å². The third kappa shape index (κ3) is 2.59. The lowest BCUT2D eigenvalue weighted by atomic mass is 9.97. The molecule has 0 fully saturated rings. The van der Waals surface area contributed by atoms with Gasteiger partial charge in [0.05, 0.1) is 11.7 Å². The van der Waals surface area contributed by atoms with E-state index in [1.54, 1.807) is 13.0 Å². The zero-order valence-corrected chi connectivity index (χ0v) is 11.2. The number of aryl methyl sites for hydroxylation is 1. The molecule has 3 nitrogen and oxygen atoms in total. The Kier molecular flexibility index (Phi) is 3.15. The van der Waals surface area contributed by atoms with Gasteiger partial charge >= 0.3 is 6.18 Å². The number of benzene rings is 1. The summed E-state index contributed by atoms with van der Waals surface area (Å²) in [4.78, 5) is 0. The van der Waals surface area contributed by atoms with Crippen LogP contribution in [0.2, 0.25) is 0 Å². The number of nitrogens with one attached hydrogen (secondary N) is 1. The molecule has 0 radical (unpaired) electrons. The Morgan fingerprint density at radius 1 is 1.24 bits per heavy atom. The van der Waals surface area contributed by atoms with Gasteiger partial charge in [0.25, 0.3) is 0 Å². The molecule has 0 unspecified atom stereocenters. The lowest BCUT2D eigenvalue weighted by Gasteiger charge is -2.33. The van der Waals surface area contributed by atoms with Gasteiger partial charge in [-0.2, -0.15) is 18.3 Å². The lowest BCUT2D eigenvalue weighted by molar-refractivity contribution is -0.173. The highest BCUT2D eigenvalue weighted by atomic mass is 19.4. The Balaban J connectivity index is 1.98. The summed E-state index contributed by atoms with van der Waals surface area (Å²) in [6.45, 7) is 1.65. The third-order valence-corrected chi connectivity index (χ3v) is 3.58. The maximum atomic E-state index is 13.2. The number of anilines is 1. The summed E-state index contributed by atoms with van der Waals surface area (Å²) >= 11 is 0. The first kappa shape index (κ1) is 13.9. The van der Waals surface area contributed by atoms with Gasteiger partial charge in [0.15, 0.2) is 6.04 Å². The molecule has 0 bridgehead atoms. The van der Waals surface area contributed by atoms with Crippen LogP contribution in [-0.2, 0) is 0 Å². The summed E-state index contributed by atoms with van der Waals surface area (Å²) < 4.78 is 53.6. The van der Waals surface area contributed by atoms with Gasteiger partial charge in [-0.25, -0.2) is 9.07 Å². The lowest BCUT2D eigenvalue weighted by Crippen LogP contribution is -2.35. The summed E-state index contributed by atoms with van der Waals surface area (Å²) in [5.74, 6) is -0.0850. The average molecular weight is 299 g/mol. The second-order valence-electron chi connectivity index (χ2n) is 5.16. The molecule has 1 N–H and O–H groups in total. The van der Waals surface area contributed by atoms with Crippen molar-refractivity contribution in [3.05, 3.63) is 47.4 Å². The smallest absolute Gasteiger partial charge is 0.363 e. The van der Waals surface area contributed by atoms with Crippen molar-refractivity contribution in [1.29, 1.82) is 0 Å². The van der Waals surface area contributed by atoms with Gasteiger partial charge in [0, 0.05) is 12.5 Å². The minimum Gasteiger partial charge on any atom is -0.363 e. The zero-order valence-electron chi connectivity index (χ0n) is 11.2. The summed E-state index contributed by atoms with van der Waals surface area (Å²) in [7, 11) is 0. The molecule has 0 saturated carbocycles. The van der Waals surface area contributed by atoms with Crippen molar-refractivity contribution in [2.24, 2.45) is 0 Å². The number of fused-ring (bicyclic) bond motifs is 1. The molecule has 0 amide bonds. The average Bonchev–Trinajstić information content (AvgIpc) is 2.77. The predicted octanol–water partition coefficient (Wildman–Crippen LogP) is 3.99. The first-order valence-electron chi connectivity index (χ1n) is 6.49. The number of rotatable bonds is 1. The normalized spacial score (nSPS) is 21.8. The Labute approximate surface area is 118 Å². The fraction of sp³-hybridized carbons (Fsp3) is 0.357. The van der Waals surface area contributed by atoms with E-state index in [1.807, 2.05) is 0 Å². The molecule has 1 aromatic carbocycles. The van der Waals surface area contributed by atoms with Crippen LogP contribution in [0.1, 0.15) is 29.8 Å². The molecular formula is C14H13F4N3. The Morgan fingerprint density at radius 2 is 1.90 bits per heavy atom. The fourth-order valence-corrected chi connectivity index (χ4v) is 2.61. The zero-order chi connectivity index (χ0) is 15.2. The minimum absolute atomic E-state index is 0.177. The van der Waals surface area contributed by atoms with Crippen molar-refractivity contribution in [3.8, 4) is 0 Å². The van der Waals surface area contributed by atoms with Gasteiger partial charge in [0.1, 0.15) is 11.6 Å². The molecule has 0 spiro atoms. The van der Waals surface area contributed by atoms with E-state index >= 15 is 0 Å². The molecule has 3 rings (SSSR count). The number of nitrogens with zero attached hydrogens (tertiary/aromatic N) is 2.